The molecule has 1 saturated carbocycles. The van der Waals surface area contributed by atoms with Crippen LogP contribution in [-0.2, 0) is 24.2 Å². The first-order valence-corrected chi connectivity index (χ1v) is 11.3. The number of fused-ring (bicyclic) bond motifs is 1. The largest absolute Gasteiger partial charge is 0.480 e. The van der Waals surface area contributed by atoms with E-state index < -0.39 is 17.4 Å². The number of rotatable bonds is 5. The summed E-state index contributed by atoms with van der Waals surface area (Å²) >= 11 is 0. The van der Waals surface area contributed by atoms with E-state index in [9.17, 15) is 19.5 Å². The number of carboxylic acid groups (broad SMARTS) is 1. The Labute approximate surface area is 181 Å². The van der Waals surface area contributed by atoms with Gasteiger partial charge in [-0.2, -0.15) is 0 Å². The molecule has 0 saturated heterocycles. The number of amides is 1. The fourth-order valence-corrected chi connectivity index (χ4v) is 4.95. The van der Waals surface area contributed by atoms with Crippen LogP contribution in [0, 0.1) is 0 Å². The molecule has 2 N–H and O–H groups in total. The minimum atomic E-state index is -1.29. The van der Waals surface area contributed by atoms with E-state index in [1.54, 1.807) is 23.0 Å². The highest BCUT2D eigenvalue weighted by molar-refractivity contribution is 5.97. The van der Waals surface area contributed by atoms with Crippen molar-refractivity contribution >= 4 is 11.9 Å². The van der Waals surface area contributed by atoms with E-state index in [2.05, 4.69) is 5.32 Å². The number of nitrogens with zero attached hydrogens (tertiary/aromatic N) is 1. The number of aliphatic carboxylic acids is 1. The van der Waals surface area contributed by atoms with Crippen LogP contribution in [0.4, 0.5) is 0 Å². The molecular formula is C24H30N2O5. The third-order valence-electron chi connectivity index (χ3n) is 6.71. The molecular weight excluding hydrogens is 396 g/mol. The van der Waals surface area contributed by atoms with Gasteiger partial charge in [0.25, 0.3) is 11.5 Å². The lowest BCUT2D eigenvalue weighted by atomic mass is 9.81. The van der Waals surface area contributed by atoms with Crippen LogP contribution in [0.15, 0.2) is 33.7 Å². The second-order valence-corrected chi connectivity index (χ2v) is 8.82. The molecule has 2 aliphatic rings. The van der Waals surface area contributed by atoms with Crippen LogP contribution in [0.1, 0.15) is 85.2 Å². The van der Waals surface area contributed by atoms with Crippen LogP contribution < -0.4 is 10.9 Å². The number of carboxylic acids is 1. The predicted molar refractivity (Wildman–Crippen MR) is 115 cm³/mol. The number of aryl methyl sites for hydroxylation is 1. The van der Waals surface area contributed by atoms with Crippen molar-refractivity contribution in [2.24, 2.45) is 0 Å². The Kier molecular flexibility index (Phi) is 6.30. The van der Waals surface area contributed by atoms with Crippen LogP contribution in [0.25, 0.3) is 0 Å². The molecule has 0 unspecified atom stereocenters. The molecule has 0 radical (unpaired) electrons. The van der Waals surface area contributed by atoms with E-state index in [-0.39, 0.29) is 17.7 Å². The minimum absolute atomic E-state index is 0.0251. The molecule has 0 aromatic carbocycles. The number of hydrogen-bond acceptors (Lipinski definition) is 4. The lowest BCUT2D eigenvalue weighted by Crippen LogP contribution is -2.56. The van der Waals surface area contributed by atoms with Crippen molar-refractivity contribution in [3.05, 3.63) is 57.4 Å². The fraction of sp³-hybridized carbons (Fsp3) is 0.542. The Morgan fingerprint density at radius 2 is 1.77 bits per heavy atom. The molecule has 0 aliphatic heterocycles. The molecule has 1 amide bonds. The van der Waals surface area contributed by atoms with Gasteiger partial charge in [-0.1, -0.05) is 32.1 Å². The van der Waals surface area contributed by atoms with Gasteiger partial charge in [-0.05, 0) is 62.3 Å². The fourth-order valence-electron chi connectivity index (χ4n) is 4.95. The highest BCUT2D eigenvalue weighted by Gasteiger charge is 2.41. The molecule has 2 aliphatic carbocycles. The first kappa shape index (κ1) is 21.4. The number of carbonyl (C=O) groups is 2. The summed E-state index contributed by atoms with van der Waals surface area (Å²) in [6.07, 6.45) is 10.6. The lowest BCUT2D eigenvalue weighted by Gasteiger charge is -2.34. The minimum Gasteiger partial charge on any atom is -0.480 e. The molecule has 166 valence electrons. The summed E-state index contributed by atoms with van der Waals surface area (Å²) in [7, 11) is 0. The van der Waals surface area contributed by atoms with Crippen molar-refractivity contribution in [2.75, 3.05) is 0 Å². The lowest BCUT2D eigenvalue weighted by molar-refractivity contribution is -0.145. The van der Waals surface area contributed by atoms with Gasteiger partial charge in [0.05, 0.1) is 12.8 Å². The first-order chi connectivity index (χ1) is 15.0. The van der Waals surface area contributed by atoms with Crippen LogP contribution in [0.5, 0.6) is 0 Å². The maximum Gasteiger partial charge on any atom is 0.329 e. The molecule has 2 heterocycles. The summed E-state index contributed by atoms with van der Waals surface area (Å²) in [6, 6.07) is 5.30. The third-order valence-corrected chi connectivity index (χ3v) is 6.71. The average molecular weight is 427 g/mol. The van der Waals surface area contributed by atoms with Gasteiger partial charge in [0, 0.05) is 5.69 Å². The maximum atomic E-state index is 13.4. The molecule has 7 nitrogen and oxygen atoms in total. The van der Waals surface area contributed by atoms with Gasteiger partial charge in [0.15, 0.2) is 0 Å². The second-order valence-electron chi connectivity index (χ2n) is 8.82. The molecule has 0 atom stereocenters. The zero-order chi connectivity index (χ0) is 21.8. The van der Waals surface area contributed by atoms with Gasteiger partial charge in [0.2, 0.25) is 0 Å². The summed E-state index contributed by atoms with van der Waals surface area (Å²) in [5, 5.41) is 12.6. The quantitative estimate of drug-likeness (QED) is 0.760. The third kappa shape index (κ3) is 4.45. The number of carbonyl (C=O) groups excluding carboxylic acids is 1. The zero-order valence-corrected chi connectivity index (χ0v) is 17.8. The topological polar surface area (TPSA) is 102 Å². The molecule has 4 rings (SSSR count). The van der Waals surface area contributed by atoms with Crippen molar-refractivity contribution in [3.8, 4) is 0 Å². The van der Waals surface area contributed by atoms with E-state index in [0.29, 0.717) is 18.6 Å². The van der Waals surface area contributed by atoms with Gasteiger partial charge in [-0.15, -0.1) is 0 Å². The van der Waals surface area contributed by atoms with E-state index in [1.807, 2.05) is 6.07 Å². The highest BCUT2D eigenvalue weighted by atomic mass is 16.4. The Hall–Kier alpha value is -2.83. The summed E-state index contributed by atoms with van der Waals surface area (Å²) < 4.78 is 7.13. The molecule has 0 bridgehead atoms. The smallest absolute Gasteiger partial charge is 0.329 e. The van der Waals surface area contributed by atoms with E-state index >= 15 is 0 Å². The van der Waals surface area contributed by atoms with E-state index in [0.717, 1.165) is 69.0 Å². The van der Waals surface area contributed by atoms with Gasteiger partial charge in [-0.25, -0.2) is 4.79 Å². The predicted octanol–water partition coefficient (Wildman–Crippen LogP) is 3.67. The number of nitrogens with one attached hydrogen (secondary N) is 1. The Bertz CT molecular complexity index is 1000. The normalized spacial score (nSPS) is 18.5. The second kappa shape index (κ2) is 9.12. The van der Waals surface area contributed by atoms with Crippen LogP contribution in [0.3, 0.4) is 0 Å². The Balaban J connectivity index is 1.74. The van der Waals surface area contributed by atoms with Crippen LogP contribution >= 0.6 is 0 Å². The van der Waals surface area contributed by atoms with Gasteiger partial charge < -0.3 is 19.4 Å². The number of furan rings is 1. The van der Waals surface area contributed by atoms with Gasteiger partial charge in [-0.3, -0.25) is 9.59 Å². The average Bonchev–Trinajstić information content (AvgIpc) is 3.24. The summed E-state index contributed by atoms with van der Waals surface area (Å²) in [5.74, 6) is -0.965. The molecule has 1 fully saturated rings. The molecule has 31 heavy (non-hydrogen) atoms. The SMILES string of the molecule is O=C(NC1(C(=O)O)CCCCC1)c1cc2c(n(Cc3ccco3)c1=O)CCCCCC2. The Morgan fingerprint density at radius 3 is 2.45 bits per heavy atom. The number of pyridine rings is 1. The molecule has 7 heteroatoms. The first-order valence-electron chi connectivity index (χ1n) is 11.3. The summed E-state index contributed by atoms with van der Waals surface area (Å²) in [6.45, 7) is 0.263. The van der Waals surface area contributed by atoms with Crippen molar-refractivity contribution in [1.82, 2.24) is 9.88 Å². The summed E-state index contributed by atoms with van der Waals surface area (Å²) in [4.78, 5) is 38.7. The molecule has 2 aromatic rings. The molecule has 2 aromatic heterocycles. The van der Waals surface area contributed by atoms with Crippen molar-refractivity contribution in [3.63, 3.8) is 0 Å². The number of aromatic nitrogens is 1. The highest BCUT2D eigenvalue weighted by Crippen LogP contribution is 2.29. The standard InChI is InChI=1S/C24H30N2O5/c27-21(25-24(23(29)30)12-6-3-7-13-24)19-15-17-9-4-1-2-5-11-20(17)26(22(19)28)16-18-10-8-14-31-18/h8,10,14-15H,1-7,9,11-13,16H2,(H,25,27)(H,29,30). The van der Waals surface area contributed by atoms with Crippen molar-refractivity contribution in [2.45, 2.75) is 82.7 Å². The van der Waals surface area contributed by atoms with E-state index in [4.69, 9.17) is 4.42 Å². The zero-order valence-electron chi connectivity index (χ0n) is 17.8. The van der Waals surface area contributed by atoms with Gasteiger partial charge in [0.1, 0.15) is 16.9 Å². The number of hydrogen-bond donors (Lipinski definition) is 2. The monoisotopic (exact) mass is 426 g/mol. The Morgan fingerprint density at radius 1 is 1.06 bits per heavy atom. The maximum absolute atomic E-state index is 13.4. The van der Waals surface area contributed by atoms with Crippen molar-refractivity contribution in [1.29, 1.82) is 0 Å². The van der Waals surface area contributed by atoms with E-state index in [1.165, 1.54) is 0 Å². The van der Waals surface area contributed by atoms with Crippen molar-refractivity contribution < 1.29 is 19.1 Å². The van der Waals surface area contributed by atoms with Crippen LogP contribution in [-0.4, -0.2) is 27.1 Å². The molecule has 0 spiro atoms. The van der Waals surface area contributed by atoms with Gasteiger partial charge >= 0.3 is 5.97 Å². The summed E-state index contributed by atoms with van der Waals surface area (Å²) in [5.41, 5.74) is 0.312. The van der Waals surface area contributed by atoms with Crippen LogP contribution in [0.2, 0.25) is 0 Å².